The molecule has 4 heterocycles. The summed E-state index contributed by atoms with van der Waals surface area (Å²) >= 11 is 2.52. The molecule has 1 aromatic carbocycles. The van der Waals surface area contributed by atoms with E-state index in [1.807, 2.05) is 6.26 Å². The number of nitrogens with one attached hydrogen (secondary N) is 4. The molecule has 2 aliphatic rings. The van der Waals surface area contributed by atoms with Crippen molar-refractivity contribution in [3.05, 3.63) is 29.7 Å². The van der Waals surface area contributed by atoms with Crippen LogP contribution in [-0.2, 0) is 6.42 Å². The summed E-state index contributed by atoms with van der Waals surface area (Å²) in [6.45, 7) is 1.27. The van der Waals surface area contributed by atoms with Gasteiger partial charge in [-0.05, 0) is 30.0 Å². The van der Waals surface area contributed by atoms with Crippen LogP contribution in [0.5, 0.6) is 0 Å². The Hall–Kier alpha value is -2.58. The van der Waals surface area contributed by atoms with Gasteiger partial charge in [0, 0.05) is 12.8 Å². The number of alkyl halides is 4. The van der Waals surface area contributed by atoms with E-state index in [4.69, 9.17) is 4.52 Å². The van der Waals surface area contributed by atoms with Crippen LogP contribution in [0.1, 0.15) is 23.9 Å². The summed E-state index contributed by atoms with van der Waals surface area (Å²) in [6.07, 6.45) is -4.24. The molecular formula is C21H23F4N7OS2. The monoisotopic (exact) mass is 529 g/mol. The van der Waals surface area contributed by atoms with Gasteiger partial charge in [-0.2, -0.15) is 18.2 Å². The Morgan fingerprint density at radius 1 is 1.31 bits per heavy atom. The summed E-state index contributed by atoms with van der Waals surface area (Å²) in [4.78, 5) is 8.98. The molecule has 2 aliphatic heterocycles. The van der Waals surface area contributed by atoms with Gasteiger partial charge in [0.15, 0.2) is 0 Å². The number of benzene rings is 1. The molecule has 3 unspecified atom stereocenters. The Labute approximate surface area is 206 Å². The van der Waals surface area contributed by atoms with Crippen LogP contribution in [0, 0.1) is 0 Å². The Balaban J connectivity index is 1.50. The van der Waals surface area contributed by atoms with Crippen molar-refractivity contribution in [2.75, 3.05) is 31.2 Å². The molecule has 3 atom stereocenters. The van der Waals surface area contributed by atoms with Crippen molar-refractivity contribution >= 4 is 45.0 Å². The average molecular weight is 530 g/mol. The van der Waals surface area contributed by atoms with E-state index in [1.54, 1.807) is 18.2 Å². The maximum atomic E-state index is 14.4. The second-order valence-electron chi connectivity index (χ2n) is 8.29. The van der Waals surface area contributed by atoms with Gasteiger partial charge in [-0.15, -0.1) is 11.3 Å². The Kier molecular flexibility index (Phi) is 6.77. The number of anilines is 1. The van der Waals surface area contributed by atoms with E-state index in [0.717, 1.165) is 11.3 Å². The first-order valence-corrected chi connectivity index (χ1v) is 13.0. The zero-order valence-corrected chi connectivity index (χ0v) is 20.2. The van der Waals surface area contributed by atoms with Crippen molar-refractivity contribution in [3.63, 3.8) is 0 Å². The number of guanidine groups is 1. The molecule has 188 valence electrons. The third kappa shape index (κ3) is 5.19. The summed E-state index contributed by atoms with van der Waals surface area (Å²) in [5.41, 5.74) is 0.676. The molecule has 1 saturated heterocycles. The first-order chi connectivity index (χ1) is 16.8. The maximum Gasteiger partial charge on any atom is 0.393 e. The van der Waals surface area contributed by atoms with Gasteiger partial charge in [0.05, 0.1) is 34.3 Å². The fraction of sp³-hybridized carbons (Fsp3) is 0.476. The van der Waals surface area contributed by atoms with E-state index >= 15 is 0 Å². The lowest BCUT2D eigenvalue weighted by Crippen LogP contribution is -2.45. The third-order valence-electron chi connectivity index (χ3n) is 5.83. The van der Waals surface area contributed by atoms with Crippen molar-refractivity contribution in [2.45, 2.75) is 37.3 Å². The summed E-state index contributed by atoms with van der Waals surface area (Å²) < 4.78 is 64.1. The molecule has 0 aliphatic carbocycles. The van der Waals surface area contributed by atoms with E-state index in [2.05, 4.69) is 35.8 Å². The highest BCUT2D eigenvalue weighted by Crippen LogP contribution is 2.44. The molecule has 0 saturated carbocycles. The van der Waals surface area contributed by atoms with Crippen LogP contribution >= 0.6 is 23.3 Å². The van der Waals surface area contributed by atoms with Crippen LogP contribution in [0.3, 0.4) is 0 Å². The van der Waals surface area contributed by atoms with Crippen LogP contribution in [0.15, 0.2) is 27.7 Å². The summed E-state index contributed by atoms with van der Waals surface area (Å²) in [6, 6.07) is 4.29. The van der Waals surface area contributed by atoms with Gasteiger partial charge >= 0.3 is 6.18 Å². The highest BCUT2D eigenvalue weighted by atomic mass is 32.2. The molecule has 4 N–H and O–H groups in total. The van der Waals surface area contributed by atoms with E-state index < -0.39 is 24.8 Å². The number of hydrogen-bond donors (Lipinski definition) is 4. The minimum absolute atomic E-state index is 0.0796. The molecule has 35 heavy (non-hydrogen) atoms. The lowest BCUT2D eigenvalue weighted by molar-refractivity contribution is -0.126. The van der Waals surface area contributed by atoms with Gasteiger partial charge in [-0.3, -0.25) is 0 Å². The van der Waals surface area contributed by atoms with E-state index in [1.165, 1.54) is 11.9 Å². The summed E-state index contributed by atoms with van der Waals surface area (Å²) in [7, 11) is 0. The largest absolute Gasteiger partial charge is 0.393 e. The van der Waals surface area contributed by atoms with Gasteiger partial charge < -0.3 is 25.2 Å². The van der Waals surface area contributed by atoms with Crippen LogP contribution in [-0.4, -0.2) is 60.4 Å². The Morgan fingerprint density at radius 2 is 2.17 bits per heavy atom. The quantitative estimate of drug-likeness (QED) is 0.281. The molecule has 0 bridgehead atoms. The van der Waals surface area contributed by atoms with Gasteiger partial charge in [0.1, 0.15) is 12.2 Å². The third-order valence-corrected chi connectivity index (χ3v) is 7.50. The van der Waals surface area contributed by atoms with Gasteiger partial charge in [-0.1, -0.05) is 29.2 Å². The van der Waals surface area contributed by atoms with E-state index in [0.29, 0.717) is 41.2 Å². The standard InChI is InChI=1S/C21H23F4N7OS2/c1-34-32-20-27-9-15(29-20)19-30-18(31-33-19)17-11(7-21(23,24)25)10-3-2-4-14(16(10)35-17)28-13-5-6-26-8-12(13)22/h2-4,12-13,15,26,28H,5-9H2,1H3,(H2,27,29,32). The number of rotatable bonds is 6. The fourth-order valence-corrected chi connectivity index (χ4v) is 5.77. The second kappa shape index (κ2) is 9.82. The maximum absolute atomic E-state index is 14.4. The number of halogens is 4. The summed E-state index contributed by atoms with van der Waals surface area (Å²) in [5.74, 6) is 0.900. The molecule has 3 aromatic rings. The first kappa shape index (κ1) is 24.1. The van der Waals surface area contributed by atoms with Crippen molar-refractivity contribution in [3.8, 4) is 10.7 Å². The lowest BCUT2D eigenvalue weighted by atomic mass is 10.0. The van der Waals surface area contributed by atoms with Crippen molar-refractivity contribution in [1.29, 1.82) is 0 Å². The summed E-state index contributed by atoms with van der Waals surface area (Å²) in [5, 5.41) is 13.8. The number of aromatic nitrogens is 2. The Bertz CT molecular complexity index is 1230. The molecule has 14 heteroatoms. The van der Waals surface area contributed by atoms with E-state index in [9.17, 15) is 17.6 Å². The topological polar surface area (TPSA) is 99.4 Å². The number of thiophene rings is 1. The highest BCUT2D eigenvalue weighted by molar-refractivity contribution is 7.97. The predicted octanol–water partition coefficient (Wildman–Crippen LogP) is 4.04. The van der Waals surface area contributed by atoms with Crippen molar-refractivity contribution in [1.82, 2.24) is 25.5 Å². The molecule has 8 nitrogen and oxygen atoms in total. The fourth-order valence-electron chi connectivity index (χ4n) is 4.23. The van der Waals surface area contributed by atoms with Crippen LogP contribution < -0.4 is 20.7 Å². The zero-order chi connectivity index (χ0) is 24.6. The number of aliphatic imine (C=N–C) groups is 1. The lowest BCUT2D eigenvalue weighted by Gasteiger charge is -2.28. The van der Waals surface area contributed by atoms with Crippen LogP contribution in [0.2, 0.25) is 0 Å². The smallest absolute Gasteiger partial charge is 0.378 e. The molecule has 2 aromatic heterocycles. The Morgan fingerprint density at radius 3 is 2.94 bits per heavy atom. The van der Waals surface area contributed by atoms with Crippen molar-refractivity contribution in [2.24, 2.45) is 4.99 Å². The SMILES string of the molecule is CSNC1=NCC(c2nc(-c3sc4c(NC5CCNCC5F)cccc4c3CC(F)(F)F)no2)N1. The number of fused-ring (bicyclic) bond motifs is 1. The normalized spacial score (nSPS) is 22.8. The number of piperidine rings is 1. The minimum Gasteiger partial charge on any atom is -0.378 e. The number of hydrogen-bond acceptors (Lipinski definition) is 10. The molecule has 0 spiro atoms. The van der Waals surface area contributed by atoms with E-state index in [-0.39, 0.29) is 34.7 Å². The molecular weight excluding hydrogens is 506 g/mol. The molecule has 1 fully saturated rings. The average Bonchev–Trinajstić information content (AvgIpc) is 3.54. The van der Waals surface area contributed by atoms with Crippen molar-refractivity contribution < 1.29 is 22.1 Å². The van der Waals surface area contributed by atoms with Crippen LogP contribution in [0.25, 0.3) is 20.8 Å². The van der Waals surface area contributed by atoms with Gasteiger partial charge in [-0.25, -0.2) is 9.38 Å². The number of nitrogens with zero attached hydrogens (tertiary/aromatic N) is 3. The minimum atomic E-state index is -4.43. The van der Waals surface area contributed by atoms with Gasteiger partial charge in [0.25, 0.3) is 5.89 Å². The zero-order valence-electron chi connectivity index (χ0n) is 18.6. The first-order valence-electron chi connectivity index (χ1n) is 11.0. The molecule has 0 radical (unpaired) electrons. The van der Waals surface area contributed by atoms with Gasteiger partial charge in [0.2, 0.25) is 11.8 Å². The highest BCUT2D eigenvalue weighted by Gasteiger charge is 2.34. The second-order valence-corrected chi connectivity index (χ2v) is 9.93. The molecule has 0 amide bonds. The molecule has 5 rings (SSSR count). The van der Waals surface area contributed by atoms with Crippen LogP contribution in [0.4, 0.5) is 23.2 Å². The predicted molar refractivity (Wildman–Crippen MR) is 129 cm³/mol.